The minimum atomic E-state index is -5.08. The maximum Gasteiger partial charge on any atom is 0.490 e. The largest absolute Gasteiger partial charge is 0.490 e. The Morgan fingerprint density at radius 1 is 1.16 bits per heavy atom. The Morgan fingerprint density at radius 3 is 2.18 bits per heavy atom. The minimum Gasteiger partial charge on any atom is -0.475 e. The van der Waals surface area contributed by atoms with Gasteiger partial charge in [0.15, 0.2) is 12.1 Å². The van der Waals surface area contributed by atoms with Crippen LogP contribution in [-0.4, -0.2) is 48.2 Å². The van der Waals surface area contributed by atoms with E-state index in [1.54, 1.807) is 0 Å². The zero-order valence-corrected chi connectivity index (χ0v) is 20.6. The smallest absolute Gasteiger partial charge is 0.475 e. The number of halogens is 4. The van der Waals surface area contributed by atoms with Crippen LogP contribution in [0.3, 0.4) is 0 Å². The van der Waals surface area contributed by atoms with E-state index in [1.807, 2.05) is 0 Å². The lowest BCUT2D eigenvalue weighted by atomic mass is 10.1. The third-order valence-corrected chi connectivity index (χ3v) is 5.69. The number of carboxylic acid groups (broad SMARTS) is 1. The van der Waals surface area contributed by atoms with Crippen LogP contribution in [0.1, 0.15) is 24.2 Å². The summed E-state index contributed by atoms with van der Waals surface area (Å²) >= 11 is 0. The summed E-state index contributed by atoms with van der Waals surface area (Å²) in [5, 5.41) is 10.5. The zero-order chi connectivity index (χ0) is 29.4. The van der Waals surface area contributed by atoms with Gasteiger partial charge in [0.05, 0.1) is 5.75 Å². The van der Waals surface area contributed by atoms with E-state index in [0.29, 0.717) is 5.69 Å². The van der Waals surface area contributed by atoms with Gasteiger partial charge in [0, 0.05) is 11.3 Å². The Bertz CT molecular complexity index is 1360. The first-order valence-electron chi connectivity index (χ1n) is 10.2. The monoisotopic (exact) mass is 568 g/mol. The molecule has 38 heavy (non-hydrogen) atoms. The van der Waals surface area contributed by atoms with Gasteiger partial charge >= 0.3 is 12.1 Å². The van der Waals surface area contributed by atoms with Gasteiger partial charge in [-0.25, -0.2) is 17.6 Å². The summed E-state index contributed by atoms with van der Waals surface area (Å²) in [4.78, 5) is 39.0. The van der Waals surface area contributed by atoms with E-state index in [9.17, 15) is 35.6 Å². The number of amides is 1. The first kappa shape index (κ1) is 31.7. The average Bonchev–Trinajstić information content (AvgIpc) is 2.77. The van der Waals surface area contributed by atoms with Crippen molar-refractivity contribution in [2.24, 2.45) is 22.4 Å². The maximum absolute atomic E-state index is 13.8. The number of hydrogen-bond acceptors (Lipinski definition) is 7. The summed E-state index contributed by atoms with van der Waals surface area (Å²) in [6.45, 7) is 2.92. The van der Waals surface area contributed by atoms with Gasteiger partial charge in [0.25, 0.3) is 5.56 Å². The Labute approximate surface area is 212 Å². The molecule has 0 fully saturated rings. The number of alkyl halides is 3. The molecule has 0 aliphatic heterocycles. The number of oxime groups is 1. The predicted molar refractivity (Wildman–Crippen MR) is 126 cm³/mol. The number of carboxylic acids is 1. The second-order valence-electron chi connectivity index (χ2n) is 7.49. The van der Waals surface area contributed by atoms with Crippen molar-refractivity contribution in [3.63, 3.8) is 0 Å². The van der Waals surface area contributed by atoms with E-state index in [-0.39, 0.29) is 11.3 Å². The fourth-order valence-corrected chi connectivity index (χ4v) is 4.07. The number of aromatic nitrogens is 1. The second kappa shape index (κ2) is 12.7. The Kier molecular flexibility index (Phi) is 10.6. The quantitative estimate of drug-likeness (QED) is 0.123. The van der Waals surface area contributed by atoms with Crippen LogP contribution in [0.5, 0.6) is 0 Å². The first-order chi connectivity index (χ1) is 17.4. The van der Waals surface area contributed by atoms with Crippen LogP contribution >= 0.6 is 0 Å². The fourth-order valence-electron chi connectivity index (χ4n) is 2.86. The highest BCUT2D eigenvalue weighted by atomic mass is 32.2. The number of carbonyl (C=O) groups is 2. The lowest BCUT2D eigenvalue weighted by molar-refractivity contribution is -0.192. The number of carbonyl (C=O) groups excluding carboxylic acids is 1. The van der Waals surface area contributed by atoms with E-state index in [0.717, 1.165) is 10.6 Å². The van der Waals surface area contributed by atoms with E-state index in [1.165, 1.54) is 44.2 Å². The SMILES string of the molecule is Cc1ccc(NS(=O)(=O)Cc2ccccc2F)c(=O)n1C(C(N)=O)C(C)ON=C(N)N.O=C(O)C(F)(F)F. The Hall–Kier alpha value is -4.35. The predicted octanol–water partition coefficient (Wildman–Crippen LogP) is 0.491. The molecule has 18 heteroatoms. The van der Waals surface area contributed by atoms with Crippen molar-refractivity contribution in [3.8, 4) is 0 Å². The van der Waals surface area contributed by atoms with Crippen LogP contribution in [0.4, 0.5) is 23.2 Å². The summed E-state index contributed by atoms with van der Waals surface area (Å²) in [7, 11) is -4.16. The molecular weight excluding hydrogens is 544 g/mol. The van der Waals surface area contributed by atoms with Gasteiger partial charge in [0.1, 0.15) is 11.5 Å². The van der Waals surface area contributed by atoms with Crippen LogP contribution in [0.25, 0.3) is 0 Å². The standard InChI is InChI=1S/C18H23FN6O5S.C2HF3O2/c1-10-7-8-14(24-31(28,29)9-12-5-3-4-6-13(12)19)17(27)25(10)15(16(20)26)11(2)30-23-18(21)22;3-2(4,5)1(6)7/h3-8,11,15,24H,9H2,1-2H3,(H2,20,26)(H4,21,22,23);(H,6,7). The number of primary amides is 1. The molecule has 0 bridgehead atoms. The molecule has 2 unspecified atom stereocenters. The number of rotatable bonds is 9. The molecule has 0 radical (unpaired) electrons. The summed E-state index contributed by atoms with van der Waals surface area (Å²) in [5.41, 5.74) is 14.8. The van der Waals surface area contributed by atoms with Crippen LogP contribution in [-0.2, 0) is 30.2 Å². The lowest BCUT2D eigenvalue weighted by Crippen LogP contribution is -2.42. The van der Waals surface area contributed by atoms with E-state index >= 15 is 0 Å². The van der Waals surface area contributed by atoms with E-state index in [2.05, 4.69) is 9.88 Å². The number of nitrogens with one attached hydrogen (secondary N) is 1. The number of pyridine rings is 1. The number of guanidine groups is 1. The number of aryl methyl sites for hydroxylation is 1. The van der Waals surface area contributed by atoms with Crippen molar-refractivity contribution in [3.05, 3.63) is 63.8 Å². The van der Waals surface area contributed by atoms with Gasteiger partial charge in [-0.05, 0) is 37.2 Å². The molecule has 13 nitrogen and oxygen atoms in total. The summed E-state index contributed by atoms with van der Waals surface area (Å²) < 4.78 is 73.6. The summed E-state index contributed by atoms with van der Waals surface area (Å²) in [6.07, 6.45) is -6.15. The number of aliphatic carboxylic acids is 1. The van der Waals surface area contributed by atoms with Crippen molar-refractivity contribution in [1.29, 1.82) is 0 Å². The van der Waals surface area contributed by atoms with E-state index in [4.69, 9.17) is 31.9 Å². The van der Waals surface area contributed by atoms with Gasteiger partial charge in [-0.2, -0.15) is 13.2 Å². The van der Waals surface area contributed by atoms with Crippen LogP contribution in [0.15, 0.2) is 46.3 Å². The molecule has 1 amide bonds. The third kappa shape index (κ3) is 9.26. The van der Waals surface area contributed by atoms with Crippen molar-refractivity contribution >= 4 is 33.5 Å². The summed E-state index contributed by atoms with van der Waals surface area (Å²) in [6, 6.07) is 6.63. The number of hydrogen-bond donors (Lipinski definition) is 5. The van der Waals surface area contributed by atoms with Gasteiger partial charge in [-0.15, -0.1) is 0 Å². The molecule has 210 valence electrons. The minimum absolute atomic E-state index is 0.0725. The first-order valence-corrected chi connectivity index (χ1v) is 11.8. The maximum atomic E-state index is 13.8. The molecular formula is C20H24F4N6O7S. The van der Waals surface area contributed by atoms with E-state index < -0.39 is 63.3 Å². The molecule has 1 aromatic heterocycles. The second-order valence-corrected chi connectivity index (χ2v) is 9.22. The zero-order valence-electron chi connectivity index (χ0n) is 19.8. The molecule has 2 rings (SSSR count). The molecule has 0 aliphatic rings. The van der Waals surface area contributed by atoms with Gasteiger partial charge in [-0.1, -0.05) is 18.2 Å². The van der Waals surface area contributed by atoms with Gasteiger partial charge in [-0.3, -0.25) is 18.9 Å². The Balaban J connectivity index is 0.000000905. The highest BCUT2D eigenvalue weighted by Crippen LogP contribution is 2.19. The fraction of sp³-hybridized carbons (Fsp3) is 0.300. The molecule has 0 aliphatic carbocycles. The van der Waals surface area contributed by atoms with Crippen molar-refractivity contribution in [2.75, 3.05) is 4.72 Å². The van der Waals surface area contributed by atoms with Crippen molar-refractivity contribution < 1.29 is 45.5 Å². The van der Waals surface area contributed by atoms with Crippen LogP contribution in [0.2, 0.25) is 0 Å². The third-order valence-electron chi connectivity index (χ3n) is 4.47. The number of nitrogens with zero attached hydrogens (tertiary/aromatic N) is 2. The van der Waals surface area contributed by atoms with Crippen LogP contribution in [0, 0.1) is 12.7 Å². The van der Waals surface area contributed by atoms with Crippen molar-refractivity contribution in [2.45, 2.75) is 37.9 Å². The molecule has 2 atom stereocenters. The number of anilines is 1. The molecule has 0 saturated heterocycles. The molecule has 8 N–H and O–H groups in total. The highest BCUT2D eigenvalue weighted by molar-refractivity contribution is 7.91. The van der Waals surface area contributed by atoms with Crippen LogP contribution < -0.4 is 27.5 Å². The normalized spacial score (nSPS) is 12.8. The number of nitrogens with two attached hydrogens (primary N) is 3. The summed E-state index contributed by atoms with van der Waals surface area (Å²) in [5.74, 6) is -5.50. The topological polar surface area (TPSA) is 222 Å². The molecule has 0 spiro atoms. The van der Waals surface area contributed by atoms with Gasteiger partial charge in [0.2, 0.25) is 21.9 Å². The average molecular weight is 569 g/mol. The molecule has 1 aromatic carbocycles. The lowest BCUT2D eigenvalue weighted by Gasteiger charge is -2.24. The Morgan fingerprint density at radius 2 is 1.71 bits per heavy atom. The molecule has 0 saturated carbocycles. The number of benzene rings is 1. The highest BCUT2D eigenvalue weighted by Gasteiger charge is 2.38. The number of sulfonamides is 1. The molecule has 1 heterocycles. The van der Waals surface area contributed by atoms with Crippen molar-refractivity contribution in [1.82, 2.24) is 4.57 Å². The van der Waals surface area contributed by atoms with Gasteiger partial charge < -0.3 is 27.1 Å². The molecule has 2 aromatic rings.